The van der Waals surface area contributed by atoms with Gasteiger partial charge in [0.1, 0.15) is 0 Å². The second-order valence-electron chi connectivity index (χ2n) is 0.250. The molecule has 0 aliphatic carbocycles. The van der Waals surface area contributed by atoms with Crippen LogP contribution in [0.4, 0.5) is 4.79 Å². The summed E-state index contributed by atoms with van der Waals surface area (Å²) >= 11 is 0. The first-order valence-electron chi connectivity index (χ1n) is 0.612. The van der Waals surface area contributed by atoms with Gasteiger partial charge < -0.3 is 21.9 Å². The van der Waals surface area contributed by atoms with Gasteiger partial charge in [0.15, 0.2) is 0 Å². The molecule has 0 rings (SSSR count). The van der Waals surface area contributed by atoms with Gasteiger partial charge in [-0.25, -0.2) is 0 Å². The van der Waals surface area contributed by atoms with Crippen LogP contribution < -0.4 is 61.6 Å². The quantitative estimate of drug-likeness (QED) is 0.315. The molecule has 0 radical (unpaired) electrons. The first-order chi connectivity index (χ1) is 1.73. The topological polar surface area (TPSA) is 94.7 Å². The molecule has 2 N–H and O–H groups in total. The van der Waals surface area contributed by atoms with Crippen LogP contribution in [0.3, 0.4) is 0 Å². The minimum atomic E-state index is -2.33. The minimum absolute atomic E-state index is 0. The van der Waals surface area contributed by atoms with Gasteiger partial charge in [0.2, 0.25) is 0 Å². The van der Waals surface area contributed by atoms with Crippen molar-refractivity contribution in [1.29, 1.82) is 0 Å². The molecule has 0 saturated carbocycles. The Bertz CT molecular complexity index is 39.0. The number of carbonyl (C=O) groups excluding carboxylic acids is 1. The summed E-state index contributed by atoms with van der Waals surface area (Å²) in [6, 6.07) is 0. The van der Waals surface area contributed by atoms with Crippen molar-refractivity contribution >= 4 is 29.2 Å². The Kier molecular flexibility index (Phi) is 52.4. The van der Waals surface area contributed by atoms with Gasteiger partial charge in [0.05, 0.1) is 0 Å². The molecule has 0 bridgehead atoms. The number of hydrogen-bond donors (Lipinski definition) is 0. The van der Waals surface area contributed by atoms with Crippen molar-refractivity contribution < 1.29 is 73.3 Å². The van der Waals surface area contributed by atoms with Gasteiger partial charge in [-0.05, 0) is 6.16 Å². The standard InChI is InChI=1S/CH2O3.K.Mg.H2O.H/c2-1(3)4;;;;/h(H2,2,3,4);;;1H2;/q;+1;+2;;-1/p-2. The summed E-state index contributed by atoms with van der Waals surface area (Å²) in [5, 5.41) is 16.7. The first kappa shape index (κ1) is 23.4. The predicted molar refractivity (Wildman–Crippen MR) is 15.9 cm³/mol. The minimum Gasteiger partial charge on any atom is -1.00 e. The summed E-state index contributed by atoms with van der Waals surface area (Å²) in [5.74, 6) is 0. The number of carbonyl (C=O) groups is 1. The van der Waals surface area contributed by atoms with Crippen molar-refractivity contribution in [3.63, 3.8) is 0 Å². The molecule has 0 aromatic carbocycles. The van der Waals surface area contributed by atoms with Crippen LogP contribution in [-0.4, -0.2) is 34.7 Å². The van der Waals surface area contributed by atoms with E-state index in [1.165, 1.54) is 0 Å². The van der Waals surface area contributed by atoms with Gasteiger partial charge in [-0.2, -0.15) is 0 Å². The summed E-state index contributed by atoms with van der Waals surface area (Å²) in [4.78, 5) is 8.33. The smallest absolute Gasteiger partial charge is 1.00 e. The molecule has 0 heterocycles. The Morgan fingerprint density at radius 1 is 1.43 bits per heavy atom. The largest absolute Gasteiger partial charge is 2.00 e. The van der Waals surface area contributed by atoms with Crippen molar-refractivity contribution in [3.8, 4) is 0 Å². The number of carboxylic acid groups (broad SMARTS) is 2. The van der Waals surface area contributed by atoms with E-state index in [0.717, 1.165) is 0 Å². The molecule has 4 nitrogen and oxygen atoms in total. The average Bonchev–Trinajstić information content (AvgIpc) is 0.811. The van der Waals surface area contributed by atoms with Crippen LogP contribution in [0.25, 0.3) is 0 Å². The predicted octanol–water partition coefficient (Wildman–Crippen LogP) is -6.54. The van der Waals surface area contributed by atoms with Crippen LogP contribution >= 0.6 is 0 Å². The molecule has 0 aliphatic rings. The van der Waals surface area contributed by atoms with Gasteiger partial charge in [-0.15, -0.1) is 0 Å². The fraction of sp³-hybridized carbons (Fsp3) is 0. The maximum absolute atomic E-state index is 8.33. The van der Waals surface area contributed by atoms with E-state index in [1.807, 2.05) is 0 Å². The zero-order valence-corrected chi connectivity index (χ0v) is 8.47. The van der Waals surface area contributed by atoms with Crippen molar-refractivity contribution in [1.82, 2.24) is 0 Å². The molecular weight excluding hydrogens is 139 g/mol. The Hall–Kier alpha value is 1.63. The van der Waals surface area contributed by atoms with E-state index in [-0.39, 0.29) is 81.3 Å². The van der Waals surface area contributed by atoms with Crippen LogP contribution in [0.1, 0.15) is 1.43 Å². The molecule has 0 fully saturated rings. The zero-order chi connectivity index (χ0) is 3.58. The van der Waals surface area contributed by atoms with Crippen LogP contribution in [0.2, 0.25) is 0 Å². The normalized spacial score (nSPS) is 3.43. The SMILES string of the molecule is O.O=C([O-])[O-].[H-].[K+].[Mg+2]. The van der Waals surface area contributed by atoms with E-state index in [2.05, 4.69) is 0 Å². The Morgan fingerprint density at radius 2 is 1.43 bits per heavy atom. The van der Waals surface area contributed by atoms with Crippen LogP contribution in [0.15, 0.2) is 0 Å². The summed E-state index contributed by atoms with van der Waals surface area (Å²) in [7, 11) is 0. The molecule has 0 saturated heterocycles. The van der Waals surface area contributed by atoms with E-state index in [9.17, 15) is 0 Å². The molecule has 0 aromatic rings. The van der Waals surface area contributed by atoms with E-state index in [1.54, 1.807) is 0 Å². The summed E-state index contributed by atoms with van der Waals surface area (Å²) in [6.45, 7) is 0. The van der Waals surface area contributed by atoms with Crippen molar-refractivity contribution in [2.45, 2.75) is 0 Å². The van der Waals surface area contributed by atoms with Crippen molar-refractivity contribution in [2.75, 3.05) is 0 Å². The maximum atomic E-state index is 8.33. The molecule has 0 aliphatic heterocycles. The molecule has 0 aromatic heterocycles. The van der Waals surface area contributed by atoms with Gasteiger partial charge >= 0.3 is 74.4 Å². The summed E-state index contributed by atoms with van der Waals surface area (Å²) in [5.41, 5.74) is 0. The van der Waals surface area contributed by atoms with E-state index in [4.69, 9.17) is 15.0 Å². The number of hydrogen-bond acceptors (Lipinski definition) is 3. The van der Waals surface area contributed by atoms with E-state index >= 15 is 0 Å². The van der Waals surface area contributed by atoms with Crippen LogP contribution in [0.5, 0.6) is 0 Å². The Balaban J connectivity index is -0.00000000750. The maximum Gasteiger partial charge on any atom is 2.00 e. The van der Waals surface area contributed by atoms with Gasteiger partial charge in [-0.1, -0.05) is 0 Å². The third-order valence-electron chi connectivity index (χ3n) is 0. The molecule has 6 heteroatoms. The zero-order valence-electron chi connectivity index (χ0n) is 4.93. The third-order valence-corrected chi connectivity index (χ3v) is 0. The molecule has 34 valence electrons. The number of rotatable bonds is 0. The third kappa shape index (κ3) is 90.9. The molecular formula is CH3KMgO4. The van der Waals surface area contributed by atoms with Crippen molar-refractivity contribution in [2.24, 2.45) is 0 Å². The molecule has 0 atom stereocenters. The van der Waals surface area contributed by atoms with Gasteiger partial charge in [0.25, 0.3) is 0 Å². The van der Waals surface area contributed by atoms with Gasteiger partial charge in [-0.3, -0.25) is 0 Å². The molecule has 0 amide bonds. The second kappa shape index (κ2) is 15.6. The van der Waals surface area contributed by atoms with Gasteiger partial charge in [0, 0.05) is 0 Å². The molecule has 0 spiro atoms. The van der Waals surface area contributed by atoms with E-state index < -0.39 is 6.16 Å². The monoisotopic (exact) mass is 142 g/mol. The average molecular weight is 142 g/mol. The summed E-state index contributed by atoms with van der Waals surface area (Å²) in [6.07, 6.45) is -2.33. The first-order valence-corrected chi connectivity index (χ1v) is 0.612. The van der Waals surface area contributed by atoms with Crippen LogP contribution in [0, 0.1) is 0 Å². The second-order valence-corrected chi connectivity index (χ2v) is 0.250. The fourth-order valence-electron chi connectivity index (χ4n) is 0. The van der Waals surface area contributed by atoms with Crippen LogP contribution in [-0.2, 0) is 0 Å². The Morgan fingerprint density at radius 3 is 1.43 bits per heavy atom. The fourth-order valence-corrected chi connectivity index (χ4v) is 0. The Labute approximate surface area is 101 Å². The van der Waals surface area contributed by atoms with E-state index in [0.29, 0.717) is 0 Å². The summed E-state index contributed by atoms with van der Waals surface area (Å²) < 4.78 is 0. The molecule has 0 unspecified atom stereocenters. The van der Waals surface area contributed by atoms with Crippen molar-refractivity contribution in [3.05, 3.63) is 0 Å². The molecule has 7 heavy (non-hydrogen) atoms.